The molecule has 1 aliphatic carbocycles. The van der Waals surface area contributed by atoms with Gasteiger partial charge in [-0.3, -0.25) is 9.59 Å². The molecule has 1 N–H and O–H groups in total. The summed E-state index contributed by atoms with van der Waals surface area (Å²) in [7, 11) is 0. The molecule has 5 nitrogen and oxygen atoms in total. The molecule has 0 unspecified atom stereocenters. The SMILES string of the molecule is C=C1CC[C@H](C(C)=O)[C@H](OC(=O)/C=C/C(C)(C)O)/C=C(\C)CCC1=O. The summed E-state index contributed by atoms with van der Waals surface area (Å²) in [4.78, 5) is 36.1. The quantitative estimate of drug-likeness (QED) is 0.480. The molecule has 0 radical (unpaired) electrons. The van der Waals surface area contributed by atoms with Gasteiger partial charge < -0.3 is 9.84 Å². The summed E-state index contributed by atoms with van der Waals surface area (Å²) in [6, 6.07) is 0. The number of Topliss-reactive ketones (excluding diaryl/α,β-unsaturated/α-hetero) is 2. The summed E-state index contributed by atoms with van der Waals surface area (Å²) in [5, 5.41) is 9.66. The highest BCUT2D eigenvalue weighted by molar-refractivity contribution is 5.95. The van der Waals surface area contributed by atoms with Crippen LogP contribution in [0.2, 0.25) is 0 Å². The molecule has 0 aliphatic heterocycles. The third-order valence-electron chi connectivity index (χ3n) is 4.14. The van der Waals surface area contributed by atoms with Gasteiger partial charge in [-0.1, -0.05) is 12.2 Å². The van der Waals surface area contributed by atoms with Crippen LogP contribution in [-0.4, -0.2) is 34.3 Å². The number of hydrogen-bond acceptors (Lipinski definition) is 5. The standard InChI is InChI=1S/C20H28O5/c1-13-6-9-17(22)14(2)7-8-16(15(3)21)18(12-13)25-19(23)10-11-20(4,5)24/h10-12,16,18,24H,2,6-9H2,1,3-5H3/b11-10+,13-12+/t16-,18-/m1/s1. The Bertz CT molecular complexity index is 604. The van der Waals surface area contributed by atoms with Crippen molar-refractivity contribution in [3.63, 3.8) is 0 Å². The Labute approximate surface area is 149 Å². The maximum Gasteiger partial charge on any atom is 0.331 e. The second kappa shape index (κ2) is 8.90. The van der Waals surface area contributed by atoms with Crippen LogP contribution < -0.4 is 0 Å². The number of hydrogen-bond donors (Lipinski definition) is 1. The Morgan fingerprint density at radius 1 is 1.32 bits per heavy atom. The number of allylic oxidation sites excluding steroid dienone is 2. The van der Waals surface area contributed by atoms with E-state index in [0.29, 0.717) is 31.3 Å². The molecule has 0 aromatic rings. The van der Waals surface area contributed by atoms with Crippen molar-refractivity contribution in [1.29, 1.82) is 0 Å². The average Bonchev–Trinajstić information content (AvgIpc) is 2.48. The van der Waals surface area contributed by atoms with Crippen LogP contribution in [0.25, 0.3) is 0 Å². The van der Waals surface area contributed by atoms with E-state index in [1.165, 1.54) is 19.1 Å². The highest BCUT2D eigenvalue weighted by Crippen LogP contribution is 2.25. The Hall–Kier alpha value is -2.01. The fraction of sp³-hybridized carbons (Fsp3) is 0.550. The number of esters is 1. The average molecular weight is 348 g/mol. The zero-order valence-electron chi connectivity index (χ0n) is 15.5. The zero-order valence-corrected chi connectivity index (χ0v) is 15.5. The summed E-state index contributed by atoms with van der Waals surface area (Å²) in [5.41, 5.74) is 0.269. The molecule has 0 heterocycles. The number of rotatable bonds is 4. The molecule has 0 saturated carbocycles. The van der Waals surface area contributed by atoms with E-state index in [1.807, 2.05) is 6.92 Å². The van der Waals surface area contributed by atoms with Crippen molar-refractivity contribution < 1.29 is 24.2 Å². The predicted octanol–water partition coefficient (Wildman–Crippen LogP) is 3.08. The van der Waals surface area contributed by atoms with Crippen LogP contribution in [0.15, 0.2) is 36.0 Å². The third-order valence-corrected chi connectivity index (χ3v) is 4.14. The third kappa shape index (κ3) is 7.61. The van der Waals surface area contributed by atoms with Crippen molar-refractivity contribution >= 4 is 17.5 Å². The maximum absolute atomic E-state index is 12.1. The highest BCUT2D eigenvalue weighted by atomic mass is 16.5. The van der Waals surface area contributed by atoms with Gasteiger partial charge in [-0.2, -0.15) is 0 Å². The lowest BCUT2D eigenvalue weighted by Crippen LogP contribution is -2.31. The first-order valence-corrected chi connectivity index (χ1v) is 8.50. The lowest BCUT2D eigenvalue weighted by atomic mass is 9.87. The molecule has 1 aliphatic rings. The van der Waals surface area contributed by atoms with Crippen LogP contribution in [-0.2, 0) is 19.1 Å². The predicted molar refractivity (Wildman–Crippen MR) is 95.9 cm³/mol. The lowest BCUT2D eigenvalue weighted by molar-refractivity contribution is -0.145. The van der Waals surface area contributed by atoms with Gasteiger partial charge in [0.2, 0.25) is 0 Å². The molecule has 2 atom stereocenters. The number of carbonyl (C=O) groups excluding carboxylic acids is 3. The maximum atomic E-state index is 12.1. The molecule has 0 aromatic heterocycles. The number of ketones is 2. The summed E-state index contributed by atoms with van der Waals surface area (Å²) in [5.74, 6) is -1.24. The molecule has 0 fully saturated rings. The fourth-order valence-corrected chi connectivity index (χ4v) is 2.60. The van der Waals surface area contributed by atoms with Crippen LogP contribution in [0.5, 0.6) is 0 Å². The molecular formula is C20H28O5. The topological polar surface area (TPSA) is 80.7 Å². The monoisotopic (exact) mass is 348 g/mol. The first-order chi connectivity index (χ1) is 11.5. The minimum absolute atomic E-state index is 0.0126. The number of carbonyl (C=O) groups is 3. The fourth-order valence-electron chi connectivity index (χ4n) is 2.60. The molecule has 0 aromatic carbocycles. The minimum Gasteiger partial charge on any atom is -0.454 e. The Kier molecular flexibility index (Phi) is 7.49. The van der Waals surface area contributed by atoms with Crippen molar-refractivity contribution in [2.75, 3.05) is 0 Å². The highest BCUT2D eigenvalue weighted by Gasteiger charge is 2.28. The van der Waals surface area contributed by atoms with E-state index < -0.39 is 23.6 Å². The molecular weight excluding hydrogens is 320 g/mol. The lowest BCUT2D eigenvalue weighted by Gasteiger charge is -2.24. The largest absolute Gasteiger partial charge is 0.454 e. The van der Waals surface area contributed by atoms with Gasteiger partial charge in [0, 0.05) is 12.5 Å². The summed E-state index contributed by atoms with van der Waals surface area (Å²) < 4.78 is 5.48. The van der Waals surface area contributed by atoms with Crippen molar-refractivity contribution in [3.05, 3.63) is 36.0 Å². The van der Waals surface area contributed by atoms with Crippen molar-refractivity contribution in [2.24, 2.45) is 5.92 Å². The van der Waals surface area contributed by atoms with Crippen molar-refractivity contribution in [1.82, 2.24) is 0 Å². The van der Waals surface area contributed by atoms with Gasteiger partial charge in [0.25, 0.3) is 0 Å². The van der Waals surface area contributed by atoms with E-state index in [0.717, 1.165) is 5.57 Å². The molecule has 0 saturated heterocycles. The van der Waals surface area contributed by atoms with E-state index in [4.69, 9.17) is 4.74 Å². The first-order valence-electron chi connectivity index (χ1n) is 8.50. The van der Waals surface area contributed by atoms with E-state index >= 15 is 0 Å². The summed E-state index contributed by atoms with van der Waals surface area (Å²) in [6.07, 6.45) is 5.28. The molecule has 25 heavy (non-hydrogen) atoms. The molecule has 0 spiro atoms. The van der Waals surface area contributed by atoms with Gasteiger partial charge in [-0.15, -0.1) is 0 Å². The first kappa shape index (κ1) is 21.0. The van der Waals surface area contributed by atoms with Gasteiger partial charge >= 0.3 is 5.97 Å². The second-order valence-corrected chi connectivity index (χ2v) is 7.18. The molecule has 138 valence electrons. The number of aliphatic hydroxyl groups is 1. The summed E-state index contributed by atoms with van der Waals surface area (Å²) >= 11 is 0. The van der Waals surface area contributed by atoms with Gasteiger partial charge in [0.05, 0.1) is 11.5 Å². The van der Waals surface area contributed by atoms with E-state index in [9.17, 15) is 19.5 Å². The van der Waals surface area contributed by atoms with Crippen LogP contribution in [0.1, 0.15) is 53.4 Å². The molecule has 5 heteroatoms. The van der Waals surface area contributed by atoms with E-state index in [2.05, 4.69) is 6.58 Å². The van der Waals surface area contributed by atoms with Crippen LogP contribution in [0.4, 0.5) is 0 Å². The zero-order chi connectivity index (χ0) is 19.2. The van der Waals surface area contributed by atoms with Crippen molar-refractivity contribution in [3.8, 4) is 0 Å². The minimum atomic E-state index is -1.13. The van der Waals surface area contributed by atoms with E-state index in [-0.39, 0.29) is 11.6 Å². The van der Waals surface area contributed by atoms with Gasteiger partial charge in [0.1, 0.15) is 11.9 Å². The Morgan fingerprint density at radius 2 is 1.96 bits per heavy atom. The summed E-state index contributed by atoms with van der Waals surface area (Å²) in [6.45, 7) is 10.2. The van der Waals surface area contributed by atoms with Gasteiger partial charge in [0.15, 0.2) is 5.78 Å². The second-order valence-electron chi connectivity index (χ2n) is 7.18. The molecule has 1 rings (SSSR count). The molecule has 0 bridgehead atoms. The van der Waals surface area contributed by atoms with Gasteiger partial charge in [-0.05, 0) is 64.7 Å². The molecule has 0 amide bonds. The smallest absolute Gasteiger partial charge is 0.331 e. The Balaban J connectivity index is 3.05. The number of ether oxygens (including phenoxy) is 1. The Morgan fingerprint density at radius 3 is 2.52 bits per heavy atom. The van der Waals surface area contributed by atoms with Crippen LogP contribution in [0.3, 0.4) is 0 Å². The van der Waals surface area contributed by atoms with Crippen molar-refractivity contribution in [2.45, 2.75) is 65.1 Å². The normalized spacial score (nSPS) is 25.4. The van der Waals surface area contributed by atoms with Crippen LogP contribution in [0, 0.1) is 5.92 Å². The van der Waals surface area contributed by atoms with Crippen LogP contribution >= 0.6 is 0 Å². The van der Waals surface area contributed by atoms with E-state index in [1.54, 1.807) is 19.9 Å². The van der Waals surface area contributed by atoms with Gasteiger partial charge in [-0.25, -0.2) is 4.79 Å².